The van der Waals surface area contributed by atoms with Gasteiger partial charge in [0.15, 0.2) is 0 Å². The van der Waals surface area contributed by atoms with E-state index in [9.17, 15) is 0 Å². The van der Waals surface area contributed by atoms with Crippen LogP contribution in [0.3, 0.4) is 0 Å². The molecule has 0 aromatic heterocycles. The number of benzene rings is 4. The van der Waals surface area contributed by atoms with Gasteiger partial charge in [0, 0.05) is 0 Å². The van der Waals surface area contributed by atoms with Gasteiger partial charge in [-0.05, 0) is 28.6 Å². The molecule has 3 aliphatic rings. The largest absolute Gasteiger partial charge is 0.374 e. The SMILES string of the molecule is c1ccc(COCC2O[C@@H](CB3C4CCCC3CCC4)C(OCc3ccccc3)[C@@H](OCc3ccccc3)[C@@H]2OCc2ccccc2)cc1. The molecular weight excluding hydrogens is 607 g/mol. The van der Waals surface area contributed by atoms with E-state index >= 15 is 0 Å². The van der Waals surface area contributed by atoms with Gasteiger partial charge in [0.25, 0.3) is 0 Å². The third kappa shape index (κ3) is 9.30. The molecule has 6 heteroatoms. The van der Waals surface area contributed by atoms with E-state index in [-0.39, 0.29) is 30.5 Å². The molecule has 5 atom stereocenters. The van der Waals surface area contributed by atoms with Crippen molar-refractivity contribution >= 4 is 6.71 Å². The van der Waals surface area contributed by atoms with Crippen molar-refractivity contribution < 1.29 is 23.7 Å². The van der Waals surface area contributed by atoms with Crippen LogP contribution in [0.4, 0.5) is 0 Å². The minimum atomic E-state index is -0.387. The second kappa shape index (κ2) is 17.6. The Morgan fingerprint density at radius 2 is 0.857 bits per heavy atom. The van der Waals surface area contributed by atoms with Crippen molar-refractivity contribution in [2.45, 2.75) is 113 Å². The quantitative estimate of drug-likeness (QED) is 0.119. The van der Waals surface area contributed by atoms with Gasteiger partial charge in [0.05, 0.1) is 39.1 Å². The Morgan fingerprint density at radius 1 is 0.469 bits per heavy atom. The summed E-state index contributed by atoms with van der Waals surface area (Å²) in [6.07, 6.45) is 7.59. The Kier molecular flexibility index (Phi) is 12.3. The normalized spacial score (nSPS) is 26.8. The van der Waals surface area contributed by atoms with Gasteiger partial charge in [-0.2, -0.15) is 0 Å². The lowest BCUT2D eigenvalue weighted by Gasteiger charge is -2.49. The zero-order valence-electron chi connectivity index (χ0n) is 28.7. The molecule has 2 bridgehead atoms. The van der Waals surface area contributed by atoms with E-state index in [0.29, 0.717) is 39.7 Å². The molecule has 0 aliphatic carbocycles. The number of hydrogen-bond donors (Lipinski definition) is 0. The van der Waals surface area contributed by atoms with Gasteiger partial charge in [0.2, 0.25) is 0 Å². The zero-order valence-corrected chi connectivity index (χ0v) is 28.7. The minimum absolute atomic E-state index is 0.127. The fraction of sp³-hybridized carbons (Fsp3) is 0.442. The van der Waals surface area contributed by atoms with E-state index in [1.807, 2.05) is 18.2 Å². The average molecular weight is 659 g/mol. The molecule has 3 heterocycles. The number of rotatable bonds is 15. The van der Waals surface area contributed by atoms with Crippen LogP contribution in [0.15, 0.2) is 121 Å². The lowest BCUT2D eigenvalue weighted by Crippen LogP contribution is -2.62. The monoisotopic (exact) mass is 658 g/mol. The topological polar surface area (TPSA) is 46.2 Å². The Labute approximate surface area is 293 Å². The molecule has 2 unspecified atom stereocenters. The molecule has 0 saturated carbocycles. The zero-order chi connectivity index (χ0) is 33.1. The lowest BCUT2D eigenvalue weighted by atomic mass is 9.25. The Morgan fingerprint density at radius 3 is 1.31 bits per heavy atom. The lowest BCUT2D eigenvalue weighted by molar-refractivity contribution is -0.269. The predicted molar refractivity (Wildman–Crippen MR) is 196 cm³/mol. The molecule has 0 N–H and O–H groups in total. The second-order valence-corrected chi connectivity index (χ2v) is 14.3. The molecule has 4 aromatic rings. The highest BCUT2D eigenvalue weighted by Crippen LogP contribution is 2.49. The van der Waals surface area contributed by atoms with Crippen molar-refractivity contribution in [3.05, 3.63) is 144 Å². The fourth-order valence-electron chi connectivity index (χ4n) is 8.54. The molecule has 3 saturated heterocycles. The number of hydrogen-bond acceptors (Lipinski definition) is 5. The van der Waals surface area contributed by atoms with Gasteiger partial charge in [-0.1, -0.05) is 171 Å². The van der Waals surface area contributed by atoms with Gasteiger partial charge < -0.3 is 23.7 Å². The van der Waals surface area contributed by atoms with Crippen LogP contribution in [0, 0.1) is 0 Å². The van der Waals surface area contributed by atoms with Crippen LogP contribution in [0.1, 0.15) is 60.8 Å². The highest BCUT2D eigenvalue weighted by Gasteiger charge is 2.51. The first-order valence-electron chi connectivity index (χ1n) is 18.5. The van der Waals surface area contributed by atoms with Gasteiger partial charge in [-0.25, -0.2) is 0 Å². The van der Waals surface area contributed by atoms with Crippen LogP contribution in [-0.2, 0) is 50.1 Å². The van der Waals surface area contributed by atoms with Crippen LogP contribution >= 0.6 is 0 Å². The molecule has 7 rings (SSSR count). The second-order valence-electron chi connectivity index (χ2n) is 14.3. The third-order valence-electron chi connectivity index (χ3n) is 11.0. The summed E-state index contributed by atoms with van der Waals surface area (Å²) in [4.78, 5) is 0. The molecular formula is C43H51BO5. The highest BCUT2D eigenvalue weighted by atomic mass is 16.6. The summed E-state index contributed by atoms with van der Waals surface area (Å²) in [6.45, 7) is 3.01. The van der Waals surface area contributed by atoms with Crippen molar-refractivity contribution in [2.24, 2.45) is 0 Å². The minimum Gasteiger partial charge on any atom is -0.374 e. The molecule has 0 radical (unpaired) electrons. The summed E-state index contributed by atoms with van der Waals surface area (Å²) in [5.41, 5.74) is 4.54. The summed E-state index contributed by atoms with van der Waals surface area (Å²) in [5.74, 6) is 1.55. The third-order valence-corrected chi connectivity index (χ3v) is 11.0. The maximum atomic E-state index is 7.22. The number of ether oxygens (including phenoxy) is 5. The van der Waals surface area contributed by atoms with E-state index in [0.717, 1.165) is 40.2 Å². The van der Waals surface area contributed by atoms with Crippen LogP contribution in [-0.4, -0.2) is 43.8 Å². The van der Waals surface area contributed by atoms with Crippen LogP contribution in [0.5, 0.6) is 0 Å². The van der Waals surface area contributed by atoms with E-state index in [1.165, 1.54) is 38.5 Å². The smallest absolute Gasteiger partial charge is 0.149 e. The highest BCUT2D eigenvalue weighted by molar-refractivity contribution is 6.62. The van der Waals surface area contributed by atoms with Crippen LogP contribution < -0.4 is 0 Å². The summed E-state index contributed by atoms with van der Waals surface area (Å²) in [7, 11) is 0. The van der Waals surface area contributed by atoms with E-state index in [1.54, 1.807) is 0 Å². The van der Waals surface area contributed by atoms with Crippen molar-refractivity contribution in [1.29, 1.82) is 0 Å². The molecule has 49 heavy (non-hydrogen) atoms. The first-order valence-corrected chi connectivity index (χ1v) is 18.5. The van der Waals surface area contributed by atoms with Crippen molar-refractivity contribution in [3.63, 3.8) is 0 Å². The van der Waals surface area contributed by atoms with Crippen molar-refractivity contribution in [3.8, 4) is 0 Å². The molecule has 3 fully saturated rings. The molecule has 5 nitrogen and oxygen atoms in total. The Balaban J connectivity index is 1.20. The first kappa shape index (κ1) is 34.2. The molecule has 4 aromatic carbocycles. The number of fused-ring (bicyclic) bond motifs is 2. The maximum Gasteiger partial charge on any atom is 0.149 e. The molecule has 3 aliphatic heterocycles. The van der Waals surface area contributed by atoms with Gasteiger partial charge >= 0.3 is 0 Å². The van der Waals surface area contributed by atoms with E-state index < -0.39 is 0 Å². The maximum absolute atomic E-state index is 7.22. The van der Waals surface area contributed by atoms with Crippen LogP contribution in [0.25, 0.3) is 0 Å². The van der Waals surface area contributed by atoms with E-state index in [2.05, 4.69) is 103 Å². The molecule has 256 valence electrons. The Bertz CT molecular complexity index is 1480. The van der Waals surface area contributed by atoms with Gasteiger partial charge in [0.1, 0.15) is 31.1 Å². The summed E-state index contributed by atoms with van der Waals surface area (Å²) in [5, 5.41) is 0. The Hall–Kier alpha value is -3.26. The fourth-order valence-corrected chi connectivity index (χ4v) is 8.54. The summed E-state index contributed by atoms with van der Waals surface area (Å²) >= 11 is 0. The standard InChI is InChI=1S/C43H51BO5/c1-5-15-33(16-6-1)28-45-32-40-42(47-30-35-19-9-3-10-20-35)43(48-31-36-21-11-4-12-22-36)41(46-29-34-17-7-2-8-18-34)39(49-40)27-44-37-23-13-24-38(44)26-14-25-37/h1-12,15-22,37-43H,13-14,23-32H2/t37?,38?,39-,40?,41?,42+,43+/m0/s1. The van der Waals surface area contributed by atoms with Crippen molar-refractivity contribution in [2.75, 3.05) is 6.61 Å². The van der Waals surface area contributed by atoms with Gasteiger partial charge in [-0.15, -0.1) is 0 Å². The van der Waals surface area contributed by atoms with Crippen molar-refractivity contribution in [1.82, 2.24) is 0 Å². The molecule has 0 spiro atoms. The predicted octanol–water partition coefficient (Wildman–Crippen LogP) is 9.33. The van der Waals surface area contributed by atoms with Gasteiger partial charge in [-0.3, -0.25) is 0 Å². The average Bonchev–Trinajstić information content (AvgIpc) is 3.14. The van der Waals surface area contributed by atoms with E-state index in [4.69, 9.17) is 23.7 Å². The van der Waals surface area contributed by atoms with Crippen LogP contribution in [0.2, 0.25) is 18.0 Å². The summed E-state index contributed by atoms with van der Waals surface area (Å²) < 4.78 is 34.5. The first-order chi connectivity index (χ1) is 24.3. The molecule has 0 amide bonds. The summed E-state index contributed by atoms with van der Waals surface area (Å²) in [6, 6.07) is 41.6.